The van der Waals surface area contributed by atoms with Gasteiger partial charge in [0, 0.05) is 24.1 Å². The summed E-state index contributed by atoms with van der Waals surface area (Å²) in [6, 6.07) is 4.00. The first kappa shape index (κ1) is 9.71. The largest absolute Gasteiger partial charge is 0.344 e. The number of aryl methyl sites for hydroxylation is 2. The molecule has 3 nitrogen and oxygen atoms in total. The molecule has 0 bridgehead atoms. The maximum atomic E-state index is 4.29. The zero-order chi connectivity index (χ0) is 9.84. The first-order chi connectivity index (χ1) is 6.11. The van der Waals surface area contributed by atoms with Gasteiger partial charge in [0.15, 0.2) is 0 Å². The lowest BCUT2D eigenvalue weighted by atomic mass is 10.3. The normalized spacial score (nSPS) is 11.5. The van der Waals surface area contributed by atoms with E-state index in [1.54, 1.807) is 7.05 Å². The van der Waals surface area contributed by atoms with Gasteiger partial charge in [0.1, 0.15) is 0 Å². The topological polar surface area (TPSA) is 37.3 Å². The molecule has 1 rings (SSSR count). The van der Waals surface area contributed by atoms with Crippen molar-refractivity contribution in [3.8, 4) is 0 Å². The minimum absolute atomic E-state index is 0.907. The van der Waals surface area contributed by atoms with Crippen molar-refractivity contribution in [3.63, 3.8) is 0 Å². The molecule has 0 unspecified atom stereocenters. The summed E-state index contributed by atoms with van der Waals surface area (Å²) >= 11 is 0. The Kier molecular flexibility index (Phi) is 3.01. The van der Waals surface area contributed by atoms with Crippen LogP contribution in [0.1, 0.15) is 18.3 Å². The molecule has 0 radical (unpaired) electrons. The maximum Gasteiger partial charge on any atom is 0.0972 e. The van der Waals surface area contributed by atoms with Crippen LogP contribution in [0.15, 0.2) is 17.1 Å². The van der Waals surface area contributed by atoms with Gasteiger partial charge in [-0.15, -0.1) is 0 Å². The zero-order valence-corrected chi connectivity index (χ0v) is 8.55. The van der Waals surface area contributed by atoms with Crippen molar-refractivity contribution in [2.75, 3.05) is 12.4 Å². The van der Waals surface area contributed by atoms with Gasteiger partial charge in [-0.05, 0) is 32.9 Å². The molecule has 1 N–H and O–H groups in total. The van der Waals surface area contributed by atoms with Crippen LogP contribution in [0.2, 0.25) is 0 Å². The molecular formula is C10H15N3. The number of hydrogen-bond acceptors (Lipinski definition) is 2. The average molecular weight is 177 g/mol. The summed E-state index contributed by atoms with van der Waals surface area (Å²) in [4.78, 5) is 8.32. The van der Waals surface area contributed by atoms with Gasteiger partial charge in [-0.2, -0.15) is 0 Å². The summed E-state index contributed by atoms with van der Waals surface area (Å²) in [6.07, 6.45) is 0. The van der Waals surface area contributed by atoms with Crippen LogP contribution in [0.4, 0.5) is 5.69 Å². The molecule has 0 atom stereocenters. The Labute approximate surface area is 78.9 Å². The Balaban J connectivity index is 2.89. The molecule has 70 valence electrons. The monoisotopic (exact) mass is 177 g/mol. The molecule has 0 aliphatic heterocycles. The van der Waals surface area contributed by atoms with Crippen molar-refractivity contribution in [2.24, 2.45) is 4.99 Å². The predicted molar refractivity (Wildman–Crippen MR) is 56.4 cm³/mol. The van der Waals surface area contributed by atoms with Crippen LogP contribution in [0.3, 0.4) is 0 Å². The lowest BCUT2D eigenvalue weighted by Gasteiger charge is -2.06. The lowest BCUT2D eigenvalue weighted by Crippen LogP contribution is -2.07. The van der Waals surface area contributed by atoms with Crippen molar-refractivity contribution in [3.05, 3.63) is 23.5 Å². The second kappa shape index (κ2) is 4.03. The molecule has 0 aliphatic carbocycles. The summed E-state index contributed by atoms with van der Waals surface area (Å²) < 4.78 is 0. The van der Waals surface area contributed by atoms with Crippen LogP contribution in [-0.4, -0.2) is 17.9 Å². The highest BCUT2D eigenvalue weighted by atomic mass is 15.0. The summed E-state index contributed by atoms with van der Waals surface area (Å²) in [7, 11) is 1.77. The van der Waals surface area contributed by atoms with Gasteiger partial charge in [0.2, 0.25) is 0 Å². The molecule has 0 aromatic carbocycles. The standard InChI is InChI=1S/C10H15N3/c1-7-5-10(6-8(2)12-7)13-9(3)11-4/h5-6H,1-4H3,(H,11,12,13). The third kappa shape index (κ3) is 2.86. The molecule has 0 spiro atoms. The highest BCUT2D eigenvalue weighted by molar-refractivity contribution is 5.93. The second-order valence-electron chi connectivity index (χ2n) is 3.07. The number of hydrogen-bond donors (Lipinski definition) is 1. The van der Waals surface area contributed by atoms with Crippen LogP contribution in [0.5, 0.6) is 0 Å². The van der Waals surface area contributed by atoms with E-state index in [-0.39, 0.29) is 0 Å². The van der Waals surface area contributed by atoms with E-state index in [9.17, 15) is 0 Å². The smallest absolute Gasteiger partial charge is 0.0972 e. The number of amidine groups is 1. The van der Waals surface area contributed by atoms with Gasteiger partial charge in [-0.3, -0.25) is 9.98 Å². The van der Waals surface area contributed by atoms with Gasteiger partial charge in [-0.1, -0.05) is 0 Å². The Bertz CT molecular complexity index is 309. The zero-order valence-electron chi connectivity index (χ0n) is 8.55. The van der Waals surface area contributed by atoms with E-state index in [2.05, 4.69) is 15.3 Å². The fourth-order valence-electron chi connectivity index (χ4n) is 1.17. The average Bonchev–Trinajstić information content (AvgIpc) is 2.02. The van der Waals surface area contributed by atoms with Crippen LogP contribution in [0.25, 0.3) is 0 Å². The summed E-state index contributed by atoms with van der Waals surface area (Å²) in [6.45, 7) is 5.90. The van der Waals surface area contributed by atoms with E-state index in [1.165, 1.54) is 0 Å². The minimum atomic E-state index is 0.907. The highest BCUT2D eigenvalue weighted by Crippen LogP contribution is 2.10. The van der Waals surface area contributed by atoms with E-state index < -0.39 is 0 Å². The molecular weight excluding hydrogens is 162 g/mol. The van der Waals surface area contributed by atoms with E-state index in [0.29, 0.717) is 0 Å². The van der Waals surface area contributed by atoms with E-state index in [0.717, 1.165) is 22.9 Å². The van der Waals surface area contributed by atoms with Crippen molar-refractivity contribution >= 4 is 11.5 Å². The fraction of sp³-hybridized carbons (Fsp3) is 0.400. The van der Waals surface area contributed by atoms with Gasteiger partial charge in [0.05, 0.1) is 5.84 Å². The van der Waals surface area contributed by atoms with Crippen LogP contribution < -0.4 is 5.32 Å². The summed E-state index contributed by atoms with van der Waals surface area (Å²) in [5.74, 6) is 0.907. The maximum absolute atomic E-state index is 4.29. The highest BCUT2D eigenvalue weighted by Gasteiger charge is 1.96. The molecule has 0 fully saturated rings. The lowest BCUT2D eigenvalue weighted by molar-refractivity contribution is 1.12. The van der Waals surface area contributed by atoms with Crippen molar-refractivity contribution in [1.82, 2.24) is 4.98 Å². The van der Waals surface area contributed by atoms with Crippen molar-refractivity contribution in [2.45, 2.75) is 20.8 Å². The number of pyridine rings is 1. The van der Waals surface area contributed by atoms with Gasteiger partial charge in [0.25, 0.3) is 0 Å². The Morgan fingerprint density at radius 2 is 1.85 bits per heavy atom. The molecule has 0 aliphatic rings. The Morgan fingerprint density at radius 1 is 1.31 bits per heavy atom. The first-order valence-electron chi connectivity index (χ1n) is 4.27. The molecule has 13 heavy (non-hydrogen) atoms. The third-order valence-corrected chi connectivity index (χ3v) is 1.74. The number of anilines is 1. The minimum Gasteiger partial charge on any atom is -0.344 e. The molecule has 1 heterocycles. The summed E-state index contributed by atoms with van der Waals surface area (Å²) in [5, 5.41) is 3.18. The van der Waals surface area contributed by atoms with Crippen molar-refractivity contribution in [1.29, 1.82) is 0 Å². The predicted octanol–water partition coefficient (Wildman–Crippen LogP) is 2.16. The molecule has 0 saturated heterocycles. The van der Waals surface area contributed by atoms with Gasteiger partial charge in [-0.25, -0.2) is 0 Å². The van der Waals surface area contributed by atoms with Crippen LogP contribution in [0, 0.1) is 13.8 Å². The number of nitrogens with one attached hydrogen (secondary N) is 1. The third-order valence-electron chi connectivity index (χ3n) is 1.74. The van der Waals surface area contributed by atoms with Crippen LogP contribution >= 0.6 is 0 Å². The quantitative estimate of drug-likeness (QED) is 0.527. The molecule has 0 amide bonds. The molecule has 1 aromatic rings. The van der Waals surface area contributed by atoms with Gasteiger partial charge >= 0.3 is 0 Å². The number of nitrogens with zero attached hydrogens (tertiary/aromatic N) is 2. The molecule has 3 heteroatoms. The number of aromatic nitrogens is 1. The Morgan fingerprint density at radius 3 is 2.31 bits per heavy atom. The van der Waals surface area contributed by atoms with E-state index in [4.69, 9.17) is 0 Å². The van der Waals surface area contributed by atoms with Crippen molar-refractivity contribution < 1.29 is 0 Å². The second-order valence-corrected chi connectivity index (χ2v) is 3.07. The summed E-state index contributed by atoms with van der Waals surface area (Å²) in [5.41, 5.74) is 3.09. The van der Waals surface area contributed by atoms with Crippen LogP contribution in [-0.2, 0) is 0 Å². The fourth-order valence-corrected chi connectivity index (χ4v) is 1.17. The Hall–Kier alpha value is -1.38. The molecule has 1 aromatic heterocycles. The molecule has 0 saturated carbocycles. The number of rotatable bonds is 1. The first-order valence-corrected chi connectivity index (χ1v) is 4.27. The van der Waals surface area contributed by atoms with E-state index in [1.807, 2.05) is 32.9 Å². The number of aliphatic imine (C=N–C) groups is 1. The van der Waals surface area contributed by atoms with E-state index >= 15 is 0 Å². The SMILES string of the molecule is CN=C(C)Nc1cc(C)nc(C)c1. The van der Waals surface area contributed by atoms with Gasteiger partial charge < -0.3 is 5.32 Å².